The predicted octanol–water partition coefficient (Wildman–Crippen LogP) is 39.5. The van der Waals surface area contributed by atoms with E-state index in [1.165, 1.54) is 472 Å². The molecule has 0 unspecified atom stereocenters. The molecule has 0 spiro atoms. The monoisotopic (exact) mass is 1950 g/mol. The van der Waals surface area contributed by atoms with Crippen molar-refractivity contribution in [2.24, 2.45) is 17.8 Å². The Morgan fingerprint density at radius 3 is 1.04 bits per heavy atom. The van der Waals surface area contributed by atoms with Crippen LogP contribution in [-0.4, -0.2) is 56.6 Å². The molecule has 8 rings (SSSR count). The number of unbranched alkanes of at least 4 members (excludes halogenated alkanes) is 60. The third-order valence-electron chi connectivity index (χ3n) is 30.8. The summed E-state index contributed by atoms with van der Waals surface area (Å²) in [5, 5.41) is 12.0. The largest absolute Gasteiger partial charge is 0.426 e. The second kappa shape index (κ2) is 78.0. The van der Waals surface area contributed by atoms with E-state index in [2.05, 4.69) is 123 Å². The van der Waals surface area contributed by atoms with Crippen LogP contribution in [0.15, 0.2) is 72.9 Å². The number of ketones is 3. The molecule has 0 aliphatic rings. The molecule has 142 heavy (non-hydrogen) atoms. The Bertz CT molecular complexity index is 4700. The molecule has 3 heterocycles. The Morgan fingerprint density at radius 2 is 0.627 bits per heavy atom. The zero-order chi connectivity index (χ0) is 102. The topological polar surface area (TPSA) is 183 Å². The number of carbonyl (C=O) groups is 6. The number of fused-ring (bicyclic) bond motifs is 7. The van der Waals surface area contributed by atoms with Gasteiger partial charge in [-0.25, -0.2) is 0 Å². The van der Waals surface area contributed by atoms with Crippen molar-refractivity contribution in [1.29, 1.82) is 0 Å². The van der Waals surface area contributed by atoms with Gasteiger partial charge in [-0.15, -0.1) is 0 Å². The third kappa shape index (κ3) is 51.8. The number of aryl methyl sites for hydroxylation is 5. The van der Waals surface area contributed by atoms with Crippen molar-refractivity contribution in [3.8, 4) is 5.75 Å². The highest BCUT2D eigenvalue weighted by Gasteiger charge is 2.22. The molecule has 8 aromatic rings. The predicted molar refractivity (Wildman–Crippen MR) is 615 cm³/mol. The van der Waals surface area contributed by atoms with E-state index in [0.29, 0.717) is 25.1 Å². The zero-order valence-corrected chi connectivity index (χ0v) is 93.8. The molecule has 5 aromatic carbocycles. The summed E-state index contributed by atoms with van der Waals surface area (Å²) >= 11 is 0. The minimum Gasteiger partial charge on any atom is -0.426 e. The Morgan fingerprint density at radius 1 is 0.289 bits per heavy atom. The Hall–Kier alpha value is -7.34. The highest BCUT2D eigenvalue weighted by atomic mass is 16.5. The lowest BCUT2D eigenvalue weighted by Gasteiger charge is -2.15. The number of hydrogen-bond acceptors (Lipinski definition) is 7. The molecule has 0 saturated carbocycles. The summed E-state index contributed by atoms with van der Waals surface area (Å²) in [6, 6.07) is 23.6. The number of para-hydroxylation sites is 1. The van der Waals surface area contributed by atoms with Crippen molar-refractivity contribution in [2.75, 3.05) is 11.9 Å². The van der Waals surface area contributed by atoms with Crippen molar-refractivity contribution in [3.63, 3.8) is 0 Å². The maximum atomic E-state index is 12.8. The number of esters is 1. The first-order valence-corrected chi connectivity index (χ1v) is 60.2. The van der Waals surface area contributed by atoms with Crippen molar-refractivity contribution in [2.45, 2.75) is 572 Å². The highest BCUT2D eigenvalue weighted by Crippen LogP contribution is 2.39. The average molecular weight is 1960 g/mol. The molecule has 0 atom stereocenters. The van der Waals surface area contributed by atoms with E-state index in [1.54, 1.807) is 5.56 Å². The van der Waals surface area contributed by atoms with Crippen LogP contribution in [-0.2, 0) is 60.9 Å². The van der Waals surface area contributed by atoms with Crippen LogP contribution in [0.5, 0.6) is 5.75 Å². The van der Waals surface area contributed by atoms with Crippen LogP contribution in [0.4, 0.5) is 5.69 Å². The van der Waals surface area contributed by atoms with Crippen molar-refractivity contribution >= 4 is 95.3 Å². The first kappa shape index (κ1) is 123. The first-order valence-electron chi connectivity index (χ1n) is 60.2. The van der Waals surface area contributed by atoms with Gasteiger partial charge in [0.15, 0.2) is 0 Å². The average Bonchev–Trinajstić information content (AvgIpc) is 1.61. The quantitative estimate of drug-likeness (QED) is 0.0143. The molecule has 798 valence electrons. The number of ether oxygens (including phenoxy) is 1. The van der Waals surface area contributed by atoms with E-state index in [9.17, 15) is 28.8 Å². The van der Waals surface area contributed by atoms with Crippen LogP contribution in [0.1, 0.15) is 563 Å². The summed E-state index contributed by atoms with van der Waals surface area (Å²) in [6.45, 7) is 27.7. The molecule has 0 aliphatic carbocycles. The van der Waals surface area contributed by atoms with E-state index in [0.717, 1.165) is 70.7 Å². The van der Waals surface area contributed by atoms with Crippen molar-refractivity contribution in [1.82, 2.24) is 20.3 Å². The standard InChI is InChI=1S/C56H94N2O2.C38H57NO3.C36H60N2O2/c1-6-8-10-12-14-16-18-20-22-24-26-28-30-32-34-36-38-49-47(5)44-52-51-45-48(57-55(60)43-42-54(59)46(3)4)40-41-53(51)58-56(52)50(49)39-37-35-33-31-29-27-25-23-21-19-17-15-13-11-9-7-2;1-5-6-7-8-9-10-11-12-13-14-15-16-17-18-19-20-23-31-30(4)36(42-37(41)27-26-35(40)29(2)3)28-33-32-24-21-22-25-34(32)39-38(31)33;1-5-6-7-8-9-10-11-12-13-14-15-16-17-18-19-20-21-31-27-34-33(26-30(31)4)32(28-38-34)24-25-37-36(40)23-22-35(39)29(2)3/h40-41,44-46,58H,6-39,42-43H2,1-5H3,(H,57,60);21-22,24-25,28-29,39H,5-20,23,26-27H2,1-4H3;26-29,38H,5-25H2,1-4H3,(H,37,40). The van der Waals surface area contributed by atoms with Gasteiger partial charge in [0, 0.05) is 117 Å². The number of Topliss-reactive ketones (excluding diaryl/α,β-unsaturated/α-hetero) is 3. The van der Waals surface area contributed by atoms with Gasteiger partial charge < -0.3 is 30.3 Å². The van der Waals surface area contributed by atoms with Gasteiger partial charge in [0.1, 0.15) is 23.1 Å². The summed E-state index contributed by atoms with van der Waals surface area (Å²) in [4.78, 5) is 84.4. The van der Waals surface area contributed by atoms with E-state index >= 15 is 0 Å². The lowest BCUT2D eigenvalue weighted by Crippen LogP contribution is -2.26. The molecule has 0 radical (unpaired) electrons. The maximum absolute atomic E-state index is 12.8. The molecule has 12 nitrogen and oxygen atoms in total. The van der Waals surface area contributed by atoms with Gasteiger partial charge in [0.2, 0.25) is 11.8 Å². The van der Waals surface area contributed by atoms with Crippen LogP contribution in [0, 0.1) is 38.5 Å². The Kier molecular flexibility index (Phi) is 67.7. The van der Waals surface area contributed by atoms with Crippen LogP contribution in [0.25, 0.3) is 54.5 Å². The molecular weight excluding hydrogens is 1740 g/mol. The molecule has 5 N–H and O–H groups in total. The summed E-state index contributed by atoms with van der Waals surface area (Å²) in [6.07, 6.45) is 97.8. The summed E-state index contributed by atoms with van der Waals surface area (Å²) in [5.41, 5.74) is 17.5. The summed E-state index contributed by atoms with van der Waals surface area (Å²) in [7, 11) is 0. The van der Waals surface area contributed by atoms with E-state index < -0.39 is 0 Å². The van der Waals surface area contributed by atoms with Gasteiger partial charge in [0.05, 0.1) is 11.9 Å². The Balaban J connectivity index is 0.000000336. The van der Waals surface area contributed by atoms with Gasteiger partial charge >= 0.3 is 5.97 Å². The fraction of sp³-hybridized carbons (Fsp3) is 0.708. The minimum absolute atomic E-state index is 0.00350. The minimum atomic E-state index is -0.334. The van der Waals surface area contributed by atoms with Crippen LogP contribution in [0.2, 0.25) is 0 Å². The third-order valence-corrected chi connectivity index (χ3v) is 30.8. The second-order valence-electron chi connectivity index (χ2n) is 44.4. The fourth-order valence-corrected chi connectivity index (χ4v) is 21.2. The molecule has 3 aromatic heterocycles. The van der Waals surface area contributed by atoms with Crippen molar-refractivity contribution in [3.05, 3.63) is 117 Å². The van der Waals surface area contributed by atoms with Crippen LogP contribution < -0.4 is 15.4 Å². The smallest absolute Gasteiger partial charge is 0.311 e. The molecule has 2 amide bonds. The lowest BCUT2D eigenvalue weighted by atomic mass is 9.90. The van der Waals surface area contributed by atoms with Crippen molar-refractivity contribution < 1.29 is 33.5 Å². The second-order valence-corrected chi connectivity index (χ2v) is 44.4. The number of benzene rings is 5. The molecular formula is C130H211N5O7. The first-order chi connectivity index (χ1) is 69.2. The number of aromatic amines is 3. The fourth-order valence-electron chi connectivity index (χ4n) is 21.2. The van der Waals surface area contributed by atoms with Gasteiger partial charge in [0.25, 0.3) is 0 Å². The number of anilines is 1. The van der Waals surface area contributed by atoms with Gasteiger partial charge in [-0.2, -0.15) is 0 Å². The van der Waals surface area contributed by atoms with E-state index in [1.807, 2.05) is 65.8 Å². The van der Waals surface area contributed by atoms with E-state index in [4.69, 9.17) is 4.74 Å². The van der Waals surface area contributed by atoms with Crippen LogP contribution >= 0.6 is 0 Å². The highest BCUT2D eigenvalue weighted by molar-refractivity contribution is 6.11. The van der Waals surface area contributed by atoms with Gasteiger partial charge in [-0.3, -0.25) is 28.8 Å². The zero-order valence-electron chi connectivity index (χ0n) is 93.8. The number of hydrogen-bond donors (Lipinski definition) is 5. The molecule has 0 aliphatic heterocycles. The molecule has 0 fully saturated rings. The van der Waals surface area contributed by atoms with E-state index in [-0.39, 0.29) is 78.6 Å². The summed E-state index contributed by atoms with van der Waals surface area (Å²) in [5.74, 6) is 0.448. The maximum Gasteiger partial charge on any atom is 0.311 e. The van der Waals surface area contributed by atoms with Gasteiger partial charge in [-0.05, 0) is 172 Å². The lowest BCUT2D eigenvalue weighted by molar-refractivity contribution is -0.136. The number of rotatable bonds is 85. The molecule has 0 saturated heterocycles. The SMILES string of the molecule is CCCCCCCCCCCCCCCCCCc1c(C)c(OC(=O)CCC(=O)C(C)C)cc2c1[nH]c1ccccc12.CCCCCCCCCCCCCCCCCCc1c(C)cc2c([nH]c3ccc(NC(=O)CCC(=O)C(C)C)cc32)c1CCCCCCCCCCCCCCCCCC.CCCCCCCCCCCCCCCCCCc1cc2[nH]cc(CCNC(=O)CCC(=O)C(C)C)c2cc1C. The van der Waals surface area contributed by atoms with Gasteiger partial charge in [-0.1, -0.05) is 473 Å². The molecule has 0 bridgehead atoms. The molecule has 12 heteroatoms. The number of aromatic nitrogens is 3. The van der Waals surface area contributed by atoms with Crippen LogP contribution in [0.3, 0.4) is 0 Å². The summed E-state index contributed by atoms with van der Waals surface area (Å²) < 4.78 is 5.87. The normalized spacial score (nSPS) is 11.7. The number of carbonyl (C=O) groups excluding carboxylic acids is 6. The Labute approximate surface area is 868 Å². The number of amides is 2. The number of nitrogens with one attached hydrogen (secondary N) is 5. The number of H-pyrrole nitrogens is 3.